The summed E-state index contributed by atoms with van der Waals surface area (Å²) in [4.78, 5) is 13.2. The van der Waals surface area contributed by atoms with Gasteiger partial charge in [-0.05, 0) is 35.6 Å². The van der Waals surface area contributed by atoms with E-state index in [4.69, 9.17) is 0 Å². The Bertz CT molecular complexity index is 637. The minimum absolute atomic E-state index is 0.656. The number of aromatic nitrogens is 1. The smallest absolute Gasteiger partial charge is 0.284 e. The lowest BCUT2D eigenvalue weighted by molar-refractivity contribution is 0.612. The Kier molecular flexibility index (Phi) is 4.20. The predicted molar refractivity (Wildman–Crippen MR) is 73.5 cm³/mol. The van der Waals surface area contributed by atoms with E-state index in [0.29, 0.717) is 10.9 Å². The first-order chi connectivity index (χ1) is 8.77. The fraction of sp³-hybridized carbons (Fsp3) is 0. The second-order valence-electron chi connectivity index (χ2n) is 3.46. The lowest BCUT2D eigenvalue weighted by atomic mass is 10.2. The molecule has 0 saturated carbocycles. The Morgan fingerprint density at radius 2 is 2.00 bits per heavy atom. The van der Waals surface area contributed by atoms with E-state index < -0.39 is 11.4 Å². The first kappa shape index (κ1) is 12.4. The number of hydrogen-bond donors (Lipinski definition) is 2. The van der Waals surface area contributed by atoms with Crippen LogP contribution in [0.3, 0.4) is 0 Å². The summed E-state index contributed by atoms with van der Waals surface area (Å²) >= 11 is 1.58. The molecule has 1 aromatic carbocycles. The zero-order chi connectivity index (χ0) is 12.8. The number of halogens is 1. The Morgan fingerprint density at radius 3 is 2.61 bits per heavy atom. The molecule has 0 saturated heterocycles. The molecule has 5 heteroatoms. The number of aromatic amines is 1. The van der Waals surface area contributed by atoms with Gasteiger partial charge in [-0.25, -0.2) is 4.39 Å². The van der Waals surface area contributed by atoms with Gasteiger partial charge in [0.15, 0.2) is 5.82 Å². The Balaban J connectivity index is 0.000000169. The molecule has 92 valence electrons. The van der Waals surface area contributed by atoms with Crippen molar-refractivity contribution >= 4 is 22.9 Å². The summed E-state index contributed by atoms with van der Waals surface area (Å²) in [6, 6.07) is 8.29. The monoisotopic (exact) mass is 262 g/mol. The fourth-order valence-electron chi connectivity index (χ4n) is 1.38. The Labute approximate surface area is 108 Å². The Morgan fingerprint density at radius 1 is 1.17 bits per heavy atom. The van der Waals surface area contributed by atoms with Crippen molar-refractivity contribution < 1.29 is 4.39 Å². The van der Waals surface area contributed by atoms with E-state index >= 15 is 0 Å². The lowest BCUT2D eigenvalue weighted by Crippen LogP contribution is -2.09. The maximum atomic E-state index is 12.7. The highest BCUT2D eigenvalue weighted by atomic mass is 32.2. The van der Waals surface area contributed by atoms with Crippen LogP contribution >= 0.6 is 11.9 Å². The summed E-state index contributed by atoms with van der Waals surface area (Å²) in [6.45, 7) is 0. The van der Waals surface area contributed by atoms with E-state index in [1.54, 1.807) is 36.2 Å². The van der Waals surface area contributed by atoms with E-state index in [9.17, 15) is 9.18 Å². The van der Waals surface area contributed by atoms with Gasteiger partial charge in [0.2, 0.25) is 0 Å². The van der Waals surface area contributed by atoms with Crippen LogP contribution < -0.4 is 10.3 Å². The number of para-hydroxylation sites is 1. The van der Waals surface area contributed by atoms with Crippen molar-refractivity contribution in [3.63, 3.8) is 0 Å². The summed E-state index contributed by atoms with van der Waals surface area (Å²) < 4.78 is 15.6. The third kappa shape index (κ3) is 3.24. The highest BCUT2D eigenvalue weighted by Gasteiger charge is 1.98. The minimum Gasteiger partial charge on any atom is -0.333 e. The number of pyridine rings is 1. The molecular formula is C13H11FN2OS. The maximum absolute atomic E-state index is 12.7. The van der Waals surface area contributed by atoms with Crippen molar-refractivity contribution in [2.45, 2.75) is 0 Å². The van der Waals surface area contributed by atoms with E-state index in [-0.39, 0.29) is 0 Å². The zero-order valence-electron chi connectivity index (χ0n) is 9.39. The van der Waals surface area contributed by atoms with E-state index in [2.05, 4.69) is 9.71 Å². The third-order valence-corrected chi connectivity index (χ3v) is 2.76. The van der Waals surface area contributed by atoms with Crippen molar-refractivity contribution in [1.29, 1.82) is 0 Å². The molecule has 0 amide bonds. The quantitative estimate of drug-likeness (QED) is 0.717. The standard InChI is InChI=1S/C9H6FNO.C4H5NS/c10-7-5-6-3-1-2-4-8(6)11-9(7)12;1-2-4-6-5-3-1/h1-5H,(H,11,12);1-5H. The number of nitrogens with one attached hydrogen (secondary N) is 2. The topological polar surface area (TPSA) is 44.9 Å². The van der Waals surface area contributed by atoms with E-state index in [1.807, 2.05) is 23.8 Å². The van der Waals surface area contributed by atoms with Gasteiger partial charge in [0.05, 0.1) is 0 Å². The average molecular weight is 262 g/mol. The molecule has 2 aromatic rings. The largest absolute Gasteiger partial charge is 0.333 e. The van der Waals surface area contributed by atoms with Crippen LogP contribution in [0.25, 0.3) is 10.9 Å². The summed E-state index contributed by atoms with van der Waals surface area (Å²) in [7, 11) is 0. The van der Waals surface area contributed by atoms with Crippen LogP contribution in [0.1, 0.15) is 0 Å². The number of H-pyrrole nitrogens is 1. The van der Waals surface area contributed by atoms with Crippen LogP contribution in [-0.2, 0) is 0 Å². The molecule has 0 spiro atoms. The number of rotatable bonds is 0. The first-order valence-electron chi connectivity index (χ1n) is 5.28. The van der Waals surface area contributed by atoms with Crippen LogP contribution in [0.15, 0.2) is 58.9 Å². The van der Waals surface area contributed by atoms with Gasteiger partial charge < -0.3 is 9.71 Å². The van der Waals surface area contributed by atoms with Gasteiger partial charge in [-0.1, -0.05) is 24.3 Å². The molecule has 0 fully saturated rings. The normalized spacial score (nSPS) is 12.7. The summed E-state index contributed by atoms with van der Waals surface area (Å²) in [5.74, 6) is -0.742. The van der Waals surface area contributed by atoms with Crippen molar-refractivity contribution in [1.82, 2.24) is 9.71 Å². The van der Waals surface area contributed by atoms with Gasteiger partial charge in [0.25, 0.3) is 5.56 Å². The van der Waals surface area contributed by atoms with Crippen molar-refractivity contribution in [2.24, 2.45) is 0 Å². The van der Waals surface area contributed by atoms with Crippen LogP contribution in [0.2, 0.25) is 0 Å². The van der Waals surface area contributed by atoms with E-state index in [0.717, 1.165) is 0 Å². The first-order valence-corrected chi connectivity index (χ1v) is 6.16. The molecule has 0 bridgehead atoms. The van der Waals surface area contributed by atoms with Gasteiger partial charge in [0.1, 0.15) is 0 Å². The van der Waals surface area contributed by atoms with Crippen LogP contribution in [0.4, 0.5) is 4.39 Å². The molecule has 0 atom stereocenters. The van der Waals surface area contributed by atoms with Gasteiger partial charge >= 0.3 is 0 Å². The third-order valence-electron chi connectivity index (χ3n) is 2.20. The van der Waals surface area contributed by atoms with Gasteiger partial charge in [-0.15, -0.1) is 0 Å². The van der Waals surface area contributed by atoms with Crippen LogP contribution in [0.5, 0.6) is 0 Å². The van der Waals surface area contributed by atoms with Gasteiger partial charge in [0, 0.05) is 17.1 Å². The second-order valence-corrected chi connectivity index (χ2v) is 4.20. The molecule has 0 radical (unpaired) electrons. The zero-order valence-corrected chi connectivity index (χ0v) is 10.2. The predicted octanol–water partition coefficient (Wildman–Crippen LogP) is 2.93. The van der Waals surface area contributed by atoms with Crippen LogP contribution in [-0.4, -0.2) is 4.98 Å². The highest BCUT2D eigenvalue weighted by Crippen LogP contribution is 2.08. The molecule has 1 aromatic heterocycles. The molecule has 1 aliphatic rings. The summed E-state index contributed by atoms with van der Waals surface area (Å²) in [6.07, 6.45) is 5.84. The van der Waals surface area contributed by atoms with Crippen molar-refractivity contribution in [2.75, 3.05) is 0 Å². The number of fused-ring (bicyclic) bond motifs is 1. The van der Waals surface area contributed by atoms with Crippen LogP contribution in [0, 0.1) is 5.82 Å². The molecule has 3 rings (SSSR count). The lowest BCUT2D eigenvalue weighted by Gasteiger charge is -1.95. The van der Waals surface area contributed by atoms with Crippen molar-refractivity contribution in [3.05, 3.63) is 70.3 Å². The number of allylic oxidation sites excluding steroid dienone is 2. The second kappa shape index (κ2) is 6.07. The molecule has 0 aliphatic carbocycles. The Hall–Kier alpha value is -2.01. The molecular weight excluding hydrogens is 251 g/mol. The fourth-order valence-corrected chi connectivity index (χ4v) is 1.78. The van der Waals surface area contributed by atoms with Gasteiger partial charge in [-0.3, -0.25) is 4.79 Å². The highest BCUT2D eigenvalue weighted by molar-refractivity contribution is 8.00. The van der Waals surface area contributed by atoms with Gasteiger partial charge in [-0.2, -0.15) is 0 Å². The van der Waals surface area contributed by atoms with Crippen molar-refractivity contribution in [3.8, 4) is 0 Å². The summed E-state index contributed by atoms with van der Waals surface area (Å²) in [5, 5.41) is 2.69. The molecule has 0 unspecified atom stereocenters. The molecule has 2 heterocycles. The van der Waals surface area contributed by atoms with E-state index in [1.165, 1.54) is 6.07 Å². The minimum atomic E-state index is -0.742. The SMILES string of the molecule is C1=CNSC=C1.O=c1[nH]c2ccccc2cc1F. The maximum Gasteiger partial charge on any atom is 0.284 e. The number of benzene rings is 1. The molecule has 18 heavy (non-hydrogen) atoms. The molecule has 3 nitrogen and oxygen atoms in total. The molecule has 2 N–H and O–H groups in total. The average Bonchev–Trinajstić information content (AvgIpc) is 2.43. The number of hydrogen-bond acceptors (Lipinski definition) is 3. The molecule has 1 aliphatic heterocycles. The summed E-state index contributed by atoms with van der Waals surface area (Å²) in [5.41, 5.74) is -0.0161.